The SMILES string of the molecule is COc1cccc(C[C@H](N)C(=O)O)c1OCc1ccccc1. The van der Waals surface area contributed by atoms with E-state index < -0.39 is 12.0 Å². The van der Waals surface area contributed by atoms with Gasteiger partial charge in [-0.05, 0) is 11.6 Å². The topological polar surface area (TPSA) is 81.8 Å². The number of carboxylic acid groups (broad SMARTS) is 1. The molecule has 116 valence electrons. The van der Waals surface area contributed by atoms with Gasteiger partial charge in [-0.1, -0.05) is 42.5 Å². The Hall–Kier alpha value is -2.53. The predicted molar refractivity (Wildman–Crippen MR) is 83.1 cm³/mol. The number of para-hydroxylation sites is 1. The Bertz CT molecular complexity index is 628. The summed E-state index contributed by atoms with van der Waals surface area (Å²) >= 11 is 0. The van der Waals surface area contributed by atoms with Crippen LogP contribution in [0.3, 0.4) is 0 Å². The molecule has 5 heteroatoms. The van der Waals surface area contributed by atoms with Gasteiger partial charge in [0.15, 0.2) is 11.5 Å². The second-order valence-corrected chi connectivity index (χ2v) is 4.87. The Labute approximate surface area is 129 Å². The van der Waals surface area contributed by atoms with Gasteiger partial charge in [0.1, 0.15) is 12.6 Å². The van der Waals surface area contributed by atoms with Crippen LogP contribution in [0.25, 0.3) is 0 Å². The summed E-state index contributed by atoms with van der Waals surface area (Å²) in [7, 11) is 1.55. The molecule has 0 aromatic heterocycles. The van der Waals surface area contributed by atoms with E-state index in [2.05, 4.69) is 0 Å². The number of ether oxygens (including phenoxy) is 2. The largest absolute Gasteiger partial charge is 0.493 e. The molecule has 2 rings (SSSR count). The fraction of sp³-hybridized carbons (Fsp3) is 0.235. The van der Waals surface area contributed by atoms with Gasteiger partial charge < -0.3 is 20.3 Å². The smallest absolute Gasteiger partial charge is 0.320 e. The summed E-state index contributed by atoms with van der Waals surface area (Å²) in [6.07, 6.45) is 0.177. The first-order valence-corrected chi connectivity index (χ1v) is 6.92. The Morgan fingerprint density at radius 2 is 1.91 bits per heavy atom. The van der Waals surface area contributed by atoms with Crippen molar-refractivity contribution in [2.45, 2.75) is 19.1 Å². The van der Waals surface area contributed by atoms with Crippen LogP contribution in [-0.4, -0.2) is 24.2 Å². The van der Waals surface area contributed by atoms with Crippen LogP contribution in [-0.2, 0) is 17.8 Å². The van der Waals surface area contributed by atoms with Crippen molar-refractivity contribution in [3.05, 3.63) is 59.7 Å². The number of hydrogen-bond donors (Lipinski definition) is 2. The van der Waals surface area contributed by atoms with E-state index in [1.165, 1.54) is 0 Å². The quantitative estimate of drug-likeness (QED) is 0.819. The average molecular weight is 301 g/mol. The van der Waals surface area contributed by atoms with Crippen molar-refractivity contribution in [3.63, 3.8) is 0 Å². The maximum atomic E-state index is 11.0. The minimum atomic E-state index is -1.04. The lowest BCUT2D eigenvalue weighted by molar-refractivity contribution is -0.138. The van der Waals surface area contributed by atoms with Crippen LogP contribution in [0.5, 0.6) is 11.5 Å². The van der Waals surface area contributed by atoms with Crippen LogP contribution in [0.1, 0.15) is 11.1 Å². The number of methoxy groups -OCH3 is 1. The van der Waals surface area contributed by atoms with Crippen LogP contribution in [0.15, 0.2) is 48.5 Å². The van der Waals surface area contributed by atoms with Gasteiger partial charge in [-0.3, -0.25) is 4.79 Å². The van der Waals surface area contributed by atoms with Crippen molar-refractivity contribution < 1.29 is 19.4 Å². The number of rotatable bonds is 7. The highest BCUT2D eigenvalue weighted by atomic mass is 16.5. The summed E-state index contributed by atoms with van der Waals surface area (Å²) in [4.78, 5) is 11.0. The Kier molecular flexibility index (Phi) is 5.38. The van der Waals surface area contributed by atoms with Gasteiger partial charge in [0.25, 0.3) is 0 Å². The molecule has 0 saturated heterocycles. The lowest BCUT2D eigenvalue weighted by Gasteiger charge is -2.16. The summed E-state index contributed by atoms with van der Waals surface area (Å²) in [6.45, 7) is 0.372. The molecule has 2 aromatic carbocycles. The van der Waals surface area contributed by atoms with Gasteiger partial charge in [-0.25, -0.2) is 0 Å². The van der Waals surface area contributed by atoms with Gasteiger partial charge in [-0.15, -0.1) is 0 Å². The highest BCUT2D eigenvalue weighted by Crippen LogP contribution is 2.32. The Morgan fingerprint density at radius 1 is 1.18 bits per heavy atom. The number of hydrogen-bond acceptors (Lipinski definition) is 4. The molecule has 2 aromatic rings. The molecule has 0 bridgehead atoms. The van der Waals surface area contributed by atoms with Crippen LogP contribution >= 0.6 is 0 Å². The summed E-state index contributed by atoms with van der Waals surface area (Å²) in [5.41, 5.74) is 7.35. The van der Waals surface area contributed by atoms with E-state index in [4.69, 9.17) is 20.3 Å². The minimum absolute atomic E-state index is 0.177. The maximum absolute atomic E-state index is 11.0. The predicted octanol–water partition coefficient (Wildman–Crippen LogP) is 2.23. The standard InChI is InChI=1S/C17H19NO4/c1-21-15-9-5-8-13(10-14(18)17(19)20)16(15)22-11-12-6-3-2-4-7-12/h2-9,14H,10-11,18H2,1H3,(H,19,20)/t14-/m0/s1. The van der Waals surface area contributed by atoms with Crippen molar-refractivity contribution in [2.24, 2.45) is 5.73 Å². The normalized spacial score (nSPS) is 11.7. The van der Waals surface area contributed by atoms with Crippen molar-refractivity contribution in [1.82, 2.24) is 0 Å². The highest BCUT2D eigenvalue weighted by Gasteiger charge is 2.18. The van der Waals surface area contributed by atoms with Crippen LogP contribution in [0.2, 0.25) is 0 Å². The molecule has 3 N–H and O–H groups in total. The van der Waals surface area contributed by atoms with Crippen molar-refractivity contribution >= 4 is 5.97 Å². The monoisotopic (exact) mass is 301 g/mol. The molecule has 0 aliphatic rings. The molecule has 0 amide bonds. The van der Waals surface area contributed by atoms with E-state index in [0.717, 1.165) is 5.56 Å². The second kappa shape index (κ2) is 7.47. The third kappa shape index (κ3) is 3.99. The van der Waals surface area contributed by atoms with Crippen LogP contribution in [0, 0.1) is 0 Å². The fourth-order valence-corrected chi connectivity index (χ4v) is 2.10. The van der Waals surface area contributed by atoms with E-state index in [9.17, 15) is 4.79 Å². The summed E-state index contributed by atoms with van der Waals surface area (Å²) < 4.78 is 11.2. The molecule has 1 atom stereocenters. The molecule has 5 nitrogen and oxygen atoms in total. The zero-order valence-corrected chi connectivity index (χ0v) is 12.4. The first kappa shape index (κ1) is 15.9. The van der Waals surface area contributed by atoms with Gasteiger partial charge in [0, 0.05) is 12.0 Å². The van der Waals surface area contributed by atoms with E-state index in [1.807, 2.05) is 30.3 Å². The van der Waals surface area contributed by atoms with Gasteiger partial charge >= 0.3 is 5.97 Å². The van der Waals surface area contributed by atoms with Crippen molar-refractivity contribution in [2.75, 3.05) is 7.11 Å². The van der Waals surface area contributed by atoms with E-state index >= 15 is 0 Å². The first-order valence-electron chi connectivity index (χ1n) is 6.92. The number of aliphatic carboxylic acids is 1. The molecule has 0 saturated carbocycles. The minimum Gasteiger partial charge on any atom is -0.493 e. The Balaban J connectivity index is 2.21. The van der Waals surface area contributed by atoms with E-state index in [1.54, 1.807) is 25.3 Å². The summed E-state index contributed by atoms with van der Waals surface area (Å²) in [5.74, 6) is 0.0494. The number of benzene rings is 2. The molecule has 22 heavy (non-hydrogen) atoms. The zero-order chi connectivity index (χ0) is 15.9. The summed E-state index contributed by atoms with van der Waals surface area (Å²) in [6, 6.07) is 14.1. The average Bonchev–Trinajstić information content (AvgIpc) is 2.54. The molecule has 0 aliphatic heterocycles. The molecule has 0 aliphatic carbocycles. The number of nitrogens with two attached hydrogens (primary N) is 1. The first-order chi connectivity index (χ1) is 10.6. The van der Waals surface area contributed by atoms with Crippen molar-refractivity contribution in [1.29, 1.82) is 0 Å². The van der Waals surface area contributed by atoms with Crippen LogP contribution < -0.4 is 15.2 Å². The fourth-order valence-electron chi connectivity index (χ4n) is 2.10. The maximum Gasteiger partial charge on any atom is 0.320 e. The van der Waals surface area contributed by atoms with Gasteiger partial charge in [-0.2, -0.15) is 0 Å². The molecule has 0 unspecified atom stereocenters. The molecule has 0 spiro atoms. The third-order valence-electron chi connectivity index (χ3n) is 3.26. The van der Waals surface area contributed by atoms with Gasteiger partial charge in [0.05, 0.1) is 7.11 Å². The van der Waals surface area contributed by atoms with Crippen LogP contribution in [0.4, 0.5) is 0 Å². The Morgan fingerprint density at radius 3 is 2.55 bits per heavy atom. The third-order valence-corrected chi connectivity index (χ3v) is 3.26. The summed E-state index contributed by atoms with van der Waals surface area (Å²) in [5, 5.41) is 8.97. The number of carbonyl (C=O) groups is 1. The molecule has 0 fully saturated rings. The van der Waals surface area contributed by atoms with Crippen molar-refractivity contribution in [3.8, 4) is 11.5 Å². The molecule has 0 heterocycles. The zero-order valence-electron chi connectivity index (χ0n) is 12.4. The van der Waals surface area contributed by atoms with Gasteiger partial charge in [0.2, 0.25) is 0 Å². The lowest BCUT2D eigenvalue weighted by Crippen LogP contribution is -2.32. The lowest BCUT2D eigenvalue weighted by atomic mass is 10.0. The molecular formula is C17H19NO4. The molecular weight excluding hydrogens is 282 g/mol. The number of carboxylic acids is 1. The van der Waals surface area contributed by atoms with E-state index in [0.29, 0.717) is 23.7 Å². The molecule has 0 radical (unpaired) electrons. The highest BCUT2D eigenvalue weighted by molar-refractivity contribution is 5.73. The van der Waals surface area contributed by atoms with E-state index in [-0.39, 0.29) is 6.42 Å². The second-order valence-electron chi connectivity index (χ2n) is 4.87.